The molecule has 0 amide bonds. The van der Waals surface area contributed by atoms with E-state index in [-0.39, 0.29) is 11.5 Å². The van der Waals surface area contributed by atoms with Gasteiger partial charge >= 0.3 is 6.61 Å². The van der Waals surface area contributed by atoms with Gasteiger partial charge in [0.2, 0.25) is 0 Å². The zero-order valence-corrected chi connectivity index (χ0v) is 10.5. The standard InChI is InChI=1S/C11H10F2N2O2S/c1-5-14-7-4-8(16-2)9(17-11(12)13)3-6(7)10(18)15-5/h3-4,11H,1-2H3,(H,14,15,18). The molecule has 7 heteroatoms. The molecule has 0 aliphatic carbocycles. The molecule has 0 aliphatic heterocycles. The van der Waals surface area contributed by atoms with Gasteiger partial charge in [-0.05, 0) is 13.0 Å². The number of aromatic nitrogens is 2. The molecular formula is C11H10F2N2O2S. The Morgan fingerprint density at radius 2 is 2.06 bits per heavy atom. The topological polar surface area (TPSA) is 47.1 Å². The van der Waals surface area contributed by atoms with E-state index in [0.29, 0.717) is 21.4 Å². The number of fused-ring (bicyclic) bond motifs is 1. The molecule has 1 heterocycles. The molecule has 0 saturated carbocycles. The number of rotatable bonds is 3. The third-order valence-corrected chi connectivity index (χ3v) is 2.65. The van der Waals surface area contributed by atoms with Gasteiger partial charge in [0, 0.05) is 11.5 Å². The van der Waals surface area contributed by atoms with Crippen LogP contribution in [0.1, 0.15) is 5.82 Å². The molecule has 0 atom stereocenters. The lowest BCUT2D eigenvalue weighted by atomic mass is 10.2. The minimum atomic E-state index is -2.92. The van der Waals surface area contributed by atoms with Crippen LogP contribution in [0.25, 0.3) is 10.9 Å². The molecule has 0 unspecified atom stereocenters. The first-order valence-corrected chi connectivity index (χ1v) is 5.45. The molecule has 1 aromatic heterocycles. The number of H-pyrrole nitrogens is 1. The van der Waals surface area contributed by atoms with E-state index >= 15 is 0 Å². The normalized spacial score (nSPS) is 10.9. The Hall–Kier alpha value is -1.76. The Morgan fingerprint density at radius 1 is 1.33 bits per heavy atom. The summed E-state index contributed by atoms with van der Waals surface area (Å²) in [4.78, 5) is 7.04. The molecule has 1 aromatic carbocycles. The Kier molecular flexibility index (Phi) is 3.42. The van der Waals surface area contributed by atoms with Gasteiger partial charge < -0.3 is 14.5 Å². The van der Waals surface area contributed by atoms with Crippen molar-refractivity contribution >= 4 is 23.1 Å². The van der Waals surface area contributed by atoms with Crippen LogP contribution in [-0.4, -0.2) is 23.7 Å². The van der Waals surface area contributed by atoms with Crippen molar-refractivity contribution in [3.63, 3.8) is 0 Å². The summed E-state index contributed by atoms with van der Waals surface area (Å²) in [6, 6.07) is 2.95. The molecule has 96 valence electrons. The fraction of sp³-hybridized carbons (Fsp3) is 0.273. The molecule has 0 fully saturated rings. The second-order valence-electron chi connectivity index (χ2n) is 3.55. The van der Waals surface area contributed by atoms with Crippen LogP contribution in [0.5, 0.6) is 11.5 Å². The molecule has 18 heavy (non-hydrogen) atoms. The summed E-state index contributed by atoms with van der Waals surface area (Å²) in [6.07, 6.45) is 0. The molecule has 4 nitrogen and oxygen atoms in total. The number of aryl methyl sites for hydroxylation is 1. The molecule has 0 bridgehead atoms. The summed E-state index contributed by atoms with van der Waals surface area (Å²) < 4.78 is 34.3. The quantitative estimate of drug-likeness (QED) is 0.871. The van der Waals surface area contributed by atoms with Gasteiger partial charge in [-0.15, -0.1) is 0 Å². The molecular weight excluding hydrogens is 262 g/mol. The maximum Gasteiger partial charge on any atom is 0.387 e. The average molecular weight is 272 g/mol. The second kappa shape index (κ2) is 4.85. The van der Waals surface area contributed by atoms with E-state index in [4.69, 9.17) is 17.0 Å². The second-order valence-corrected chi connectivity index (χ2v) is 3.94. The summed E-state index contributed by atoms with van der Waals surface area (Å²) in [5, 5.41) is 0.534. The van der Waals surface area contributed by atoms with Gasteiger partial charge in [0.1, 0.15) is 10.5 Å². The third kappa shape index (κ3) is 2.40. The van der Waals surface area contributed by atoms with Crippen molar-refractivity contribution in [1.29, 1.82) is 0 Å². The minimum Gasteiger partial charge on any atom is -0.493 e. The van der Waals surface area contributed by atoms with Crippen LogP contribution in [0.3, 0.4) is 0 Å². The number of hydrogen-bond donors (Lipinski definition) is 1. The molecule has 0 aliphatic rings. The highest BCUT2D eigenvalue weighted by Gasteiger charge is 2.13. The van der Waals surface area contributed by atoms with Gasteiger partial charge in [-0.2, -0.15) is 8.78 Å². The Bertz CT molecular complexity index is 643. The lowest BCUT2D eigenvalue weighted by molar-refractivity contribution is -0.0511. The number of ether oxygens (including phenoxy) is 2. The summed E-state index contributed by atoms with van der Waals surface area (Å²) >= 11 is 5.08. The van der Waals surface area contributed by atoms with Crippen molar-refractivity contribution in [1.82, 2.24) is 9.97 Å². The monoisotopic (exact) mass is 272 g/mol. The van der Waals surface area contributed by atoms with Crippen LogP contribution in [0.4, 0.5) is 8.78 Å². The van der Waals surface area contributed by atoms with Crippen LogP contribution in [0.15, 0.2) is 12.1 Å². The van der Waals surface area contributed by atoms with Crippen LogP contribution in [0, 0.1) is 11.6 Å². The SMILES string of the molecule is COc1cc2[nH]c(C)nc(=S)c2cc1OC(F)F. The largest absolute Gasteiger partial charge is 0.493 e. The number of benzene rings is 1. The number of methoxy groups -OCH3 is 1. The van der Waals surface area contributed by atoms with Gasteiger partial charge in [0.15, 0.2) is 11.5 Å². The van der Waals surface area contributed by atoms with E-state index < -0.39 is 6.61 Å². The fourth-order valence-electron chi connectivity index (χ4n) is 1.62. The van der Waals surface area contributed by atoms with Gasteiger partial charge in [0.25, 0.3) is 0 Å². The van der Waals surface area contributed by atoms with E-state index in [1.807, 2.05) is 0 Å². The van der Waals surface area contributed by atoms with Crippen molar-refractivity contribution in [2.75, 3.05) is 7.11 Å². The number of hydrogen-bond acceptors (Lipinski definition) is 4. The lowest BCUT2D eigenvalue weighted by Gasteiger charge is -2.11. The van der Waals surface area contributed by atoms with Gasteiger partial charge in [-0.1, -0.05) is 12.2 Å². The smallest absolute Gasteiger partial charge is 0.387 e. The zero-order chi connectivity index (χ0) is 13.3. The van der Waals surface area contributed by atoms with E-state index in [1.54, 1.807) is 13.0 Å². The average Bonchev–Trinajstić information content (AvgIpc) is 2.28. The molecule has 0 saturated heterocycles. The third-order valence-electron chi connectivity index (χ3n) is 2.34. The minimum absolute atomic E-state index is 0.0647. The lowest BCUT2D eigenvalue weighted by Crippen LogP contribution is -2.04. The van der Waals surface area contributed by atoms with Gasteiger partial charge in [-0.3, -0.25) is 0 Å². The van der Waals surface area contributed by atoms with Crippen molar-refractivity contribution in [2.24, 2.45) is 0 Å². The van der Waals surface area contributed by atoms with Gasteiger partial charge in [-0.25, -0.2) is 4.98 Å². The number of nitrogens with one attached hydrogen (secondary N) is 1. The summed E-state index contributed by atoms with van der Waals surface area (Å²) in [6.45, 7) is -1.17. The van der Waals surface area contributed by atoms with Crippen LogP contribution >= 0.6 is 12.2 Å². The Balaban J connectivity index is 2.69. The first-order valence-electron chi connectivity index (χ1n) is 5.04. The number of halogens is 2. The van der Waals surface area contributed by atoms with Crippen molar-refractivity contribution < 1.29 is 18.3 Å². The maximum atomic E-state index is 12.3. The highest BCUT2D eigenvalue weighted by atomic mass is 32.1. The van der Waals surface area contributed by atoms with E-state index in [0.717, 1.165) is 0 Å². The Morgan fingerprint density at radius 3 is 2.67 bits per heavy atom. The highest BCUT2D eigenvalue weighted by molar-refractivity contribution is 7.71. The fourth-order valence-corrected chi connectivity index (χ4v) is 1.93. The predicted molar refractivity (Wildman–Crippen MR) is 64.8 cm³/mol. The van der Waals surface area contributed by atoms with E-state index in [9.17, 15) is 8.78 Å². The van der Waals surface area contributed by atoms with Crippen molar-refractivity contribution in [3.05, 3.63) is 22.6 Å². The number of alkyl halides is 2. The highest BCUT2D eigenvalue weighted by Crippen LogP contribution is 2.32. The molecule has 1 N–H and O–H groups in total. The van der Waals surface area contributed by atoms with Crippen LogP contribution in [0.2, 0.25) is 0 Å². The molecule has 2 aromatic rings. The first-order chi connectivity index (χ1) is 8.51. The van der Waals surface area contributed by atoms with Gasteiger partial charge in [0.05, 0.1) is 12.6 Å². The first kappa shape index (κ1) is 12.7. The van der Waals surface area contributed by atoms with Crippen molar-refractivity contribution in [2.45, 2.75) is 13.5 Å². The van der Waals surface area contributed by atoms with E-state index in [2.05, 4.69) is 14.7 Å². The van der Waals surface area contributed by atoms with E-state index in [1.165, 1.54) is 13.2 Å². The summed E-state index contributed by atoms with van der Waals surface area (Å²) in [5.74, 6) is 0.779. The van der Waals surface area contributed by atoms with Crippen LogP contribution < -0.4 is 9.47 Å². The summed E-state index contributed by atoms with van der Waals surface area (Å²) in [5.41, 5.74) is 0.658. The molecule has 0 spiro atoms. The summed E-state index contributed by atoms with van der Waals surface area (Å²) in [7, 11) is 1.38. The van der Waals surface area contributed by atoms with Crippen molar-refractivity contribution in [3.8, 4) is 11.5 Å². The Labute approximate surface area is 107 Å². The zero-order valence-electron chi connectivity index (χ0n) is 9.66. The number of aromatic amines is 1. The number of nitrogens with zero attached hydrogens (tertiary/aromatic N) is 1. The molecule has 2 rings (SSSR count). The maximum absolute atomic E-state index is 12.3. The molecule has 0 radical (unpaired) electrons. The predicted octanol–water partition coefficient (Wildman–Crippen LogP) is 3.21. The van der Waals surface area contributed by atoms with Crippen LogP contribution in [-0.2, 0) is 0 Å².